The van der Waals surface area contributed by atoms with E-state index in [0.29, 0.717) is 28.9 Å². The van der Waals surface area contributed by atoms with E-state index in [2.05, 4.69) is 10.6 Å². The number of aryl methyl sites for hydroxylation is 1. The average molecular weight is 353 g/mol. The van der Waals surface area contributed by atoms with Crippen LogP contribution < -0.4 is 15.4 Å². The first-order chi connectivity index (χ1) is 11.0. The number of amides is 2. The third-order valence-electron chi connectivity index (χ3n) is 3.38. The molecule has 0 aromatic heterocycles. The molecule has 2 rings (SSSR count). The monoisotopic (exact) mass is 352 g/mol. The fraction of sp³-hybridized carbons (Fsp3) is 0.235. The summed E-state index contributed by atoms with van der Waals surface area (Å²) in [5.41, 5.74) is 2.73. The third kappa shape index (κ3) is 5.05. The van der Waals surface area contributed by atoms with Crippen molar-refractivity contribution in [1.82, 2.24) is 5.32 Å². The quantitative estimate of drug-likeness (QED) is 0.758. The zero-order valence-electron chi connectivity index (χ0n) is 13.0. The number of nitrogens with one attached hydrogen (secondary N) is 2. The molecule has 0 bridgehead atoms. The minimum atomic E-state index is -0.362. The molecule has 0 saturated heterocycles. The summed E-state index contributed by atoms with van der Waals surface area (Å²) in [7, 11) is 0. The Labute approximate surface area is 145 Å². The molecule has 0 fully saturated rings. The van der Waals surface area contributed by atoms with Gasteiger partial charge in [0, 0.05) is 5.02 Å². The van der Waals surface area contributed by atoms with Crippen molar-refractivity contribution < 1.29 is 9.53 Å². The number of anilines is 1. The molecule has 2 amide bonds. The Morgan fingerprint density at radius 3 is 2.74 bits per heavy atom. The molecule has 0 aliphatic heterocycles. The van der Waals surface area contributed by atoms with Gasteiger partial charge in [-0.05, 0) is 49.2 Å². The van der Waals surface area contributed by atoms with E-state index in [-0.39, 0.29) is 6.03 Å². The SMILES string of the molecule is Cc1cccc(OCCNC(=O)Nc2cc(Cl)ccc2Cl)c1C. The lowest BCUT2D eigenvalue weighted by atomic mass is 10.1. The van der Waals surface area contributed by atoms with Crippen LogP contribution in [-0.2, 0) is 0 Å². The Morgan fingerprint density at radius 2 is 1.96 bits per heavy atom. The normalized spacial score (nSPS) is 10.3. The van der Waals surface area contributed by atoms with E-state index in [9.17, 15) is 4.79 Å². The lowest BCUT2D eigenvalue weighted by molar-refractivity contribution is 0.247. The molecule has 2 aromatic rings. The number of urea groups is 1. The largest absolute Gasteiger partial charge is 0.491 e. The fourth-order valence-electron chi connectivity index (χ4n) is 1.97. The molecule has 0 aliphatic rings. The molecule has 6 heteroatoms. The summed E-state index contributed by atoms with van der Waals surface area (Å²) >= 11 is 11.9. The van der Waals surface area contributed by atoms with Gasteiger partial charge in [0.05, 0.1) is 17.3 Å². The average Bonchev–Trinajstić information content (AvgIpc) is 2.51. The Bertz CT molecular complexity index is 705. The van der Waals surface area contributed by atoms with Gasteiger partial charge in [-0.2, -0.15) is 0 Å². The van der Waals surface area contributed by atoms with E-state index in [1.54, 1.807) is 18.2 Å². The first kappa shape index (κ1) is 17.4. The number of ether oxygens (including phenoxy) is 1. The van der Waals surface area contributed by atoms with E-state index >= 15 is 0 Å². The number of halogens is 2. The summed E-state index contributed by atoms with van der Waals surface area (Å²) < 4.78 is 5.67. The highest BCUT2D eigenvalue weighted by Crippen LogP contribution is 2.25. The second kappa shape index (κ2) is 8.09. The van der Waals surface area contributed by atoms with Crippen molar-refractivity contribution in [2.75, 3.05) is 18.5 Å². The van der Waals surface area contributed by atoms with Crippen LogP contribution in [0.3, 0.4) is 0 Å². The lowest BCUT2D eigenvalue weighted by Gasteiger charge is -2.12. The zero-order valence-corrected chi connectivity index (χ0v) is 14.5. The highest BCUT2D eigenvalue weighted by atomic mass is 35.5. The van der Waals surface area contributed by atoms with E-state index < -0.39 is 0 Å². The molecular formula is C17H18Cl2N2O2. The van der Waals surface area contributed by atoms with Crippen LogP contribution in [0.5, 0.6) is 5.75 Å². The van der Waals surface area contributed by atoms with Crippen LogP contribution in [-0.4, -0.2) is 19.2 Å². The molecule has 0 atom stereocenters. The van der Waals surface area contributed by atoms with Gasteiger partial charge in [0.2, 0.25) is 0 Å². The lowest BCUT2D eigenvalue weighted by Crippen LogP contribution is -2.32. The summed E-state index contributed by atoms with van der Waals surface area (Å²) in [4.78, 5) is 11.8. The molecule has 2 aromatic carbocycles. The van der Waals surface area contributed by atoms with Gasteiger partial charge in [0.15, 0.2) is 0 Å². The van der Waals surface area contributed by atoms with E-state index in [1.165, 1.54) is 5.56 Å². The Hall–Kier alpha value is -1.91. The maximum absolute atomic E-state index is 11.8. The summed E-state index contributed by atoms with van der Waals surface area (Å²) in [6.07, 6.45) is 0. The number of hydrogen-bond acceptors (Lipinski definition) is 2. The fourth-order valence-corrected chi connectivity index (χ4v) is 2.30. The number of benzene rings is 2. The maximum Gasteiger partial charge on any atom is 0.319 e. The van der Waals surface area contributed by atoms with Crippen molar-refractivity contribution in [2.24, 2.45) is 0 Å². The number of carbonyl (C=O) groups is 1. The molecule has 0 spiro atoms. The molecule has 4 nitrogen and oxygen atoms in total. The smallest absolute Gasteiger partial charge is 0.319 e. The van der Waals surface area contributed by atoms with Crippen LogP contribution in [0.1, 0.15) is 11.1 Å². The van der Waals surface area contributed by atoms with Gasteiger partial charge in [0.25, 0.3) is 0 Å². The second-order valence-corrected chi connectivity index (χ2v) is 5.90. The molecule has 23 heavy (non-hydrogen) atoms. The highest BCUT2D eigenvalue weighted by molar-refractivity contribution is 6.35. The number of hydrogen-bond donors (Lipinski definition) is 2. The van der Waals surface area contributed by atoms with Crippen molar-refractivity contribution >= 4 is 34.9 Å². The van der Waals surface area contributed by atoms with Crippen molar-refractivity contribution in [2.45, 2.75) is 13.8 Å². The van der Waals surface area contributed by atoms with Crippen LogP contribution in [0.2, 0.25) is 10.0 Å². The van der Waals surface area contributed by atoms with Gasteiger partial charge < -0.3 is 15.4 Å². The minimum Gasteiger partial charge on any atom is -0.491 e. The van der Waals surface area contributed by atoms with Crippen LogP contribution in [0.25, 0.3) is 0 Å². The van der Waals surface area contributed by atoms with Gasteiger partial charge in [-0.25, -0.2) is 4.79 Å². The molecule has 2 N–H and O–H groups in total. The van der Waals surface area contributed by atoms with Crippen LogP contribution >= 0.6 is 23.2 Å². The summed E-state index contributed by atoms with van der Waals surface area (Å²) in [6.45, 7) is 4.78. The van der Waals surface area contributed by atoms with E-state index in [1.807, 2.05) is 32.0 Å². The maximum atomic E-state index is 11.8. The molecule has 0 saturated carbocycles. The van der Waals surface area contributed by atoms with E-state index in [4.69, 9.17) is 27.9 Å². The summed E-state index contributed by atoms with van der Waals surface area (Å²) in [6, 6.07) is 10.4. The Balaban J connectivity index is 1.79. The van der Waals surface area contributed by atoms with Gasteiger partial charge >= 0.3 is 6.03 Å². The van der Waals surface area contributed by atoms with Crippen molar-refractivity contribution in [3.8, 4) is 5.75 Å². The number of carbonyl (C=O) groups excluding carboxylic acids is 1. The van der Waals surface area contributed by atoms with Gasteiger partial charge in [-0.1, -0.05) is 35.3 Å². The number of rotatable bonds is 5. The molecule has 122 valence electrons. The Morgan fingerprint density at radius 1 is 1.17 bits per heavy atom. The van der Waals surface area contributed by atoms with Gasteiger partial charge in [0.1, 0.15) is 12.4 Å². The van der Waals surface area contributed by atoms with Crippen LogP contribution in [0.15, 0.2) is 36.4 Å². The second-order valence-electron chi connectivity index (χ2n) is 5.05. The van der Waals surface area contributed by atoms with Crippen LogP contribution in [0, 0.1) is 13.8 Å². The zero-order chi connectivity index (χ0) is 16.8. The highest BCUT2D eigenvalue weighted by Gasteiger charge is 2.06. The molecule has 0 heterocycles. The summed E-state index contributed by atoms with van der Waals surface area (Å²) in [5.74, 6) is 0.824. The van der Waals surface area contributed by atoms with Gasteiger partial charge in [-0.15, -0.1) is 0 Å². The Kier molecular flexibility index (Phi) is 6.13. The standard InChI is InChI=1S/C17H18Cl2N2O2/c1-11-4-3-5-16(12(11)2)23-9-8-20-17(22)21-15-10-13(18)6-7-14(15)19/h3-7,10H,8-9H2,1-2H3,(H2,20,21,22). The first-order valence-corrected chi connectivity index (χ1v) is 7.92. The summed E-state index contributed by atoms with van der Waals surface area (Å²) in [5, 5.41) is 6.28. The topological polar surface area (TPSA) is 50.4 Å². The molecule has 0 unspecified atom stereocenters. The van der Waals surface area contributed by atoms with Crippen molar-refractivity contribution in [3.63, 3.8) is 0 Å². The predicted molar refractivity (Wildman–Crippen MR) is 94.9 cm³/mol. The molecular weight excluding hydrogens is 335 g/mol. The van der Waals surface area contributed by atoms with Crippen molar-refractivity contribution in [1.29, 1.82) is 0 Å². The van der Waals surface area contributed by atoms with E-state index in [0.717, 1.165) is 11.3 Å². The third-order valence-corrected chi connectivity index (χ3v) is 3.94. The minimum absolute atomic E-state index is 0.362. The predicted octanol–water partition coefficient (Wildman–Crippen LogP) is 4.81. The first-order valence-electron chi connectivity index (χ1n) is 7.16. The van der Waals surface area contributed by atoms with Crippen molar-refractivity contribution in [3.05, 3.63) is 57.6 Å². The molecule has 0 aliphatic carbocycles. The molecule has 0 radical (unpaired) electrons. The van der Waals surface area contributed by atoms with Gasteiger partial charge in [-0.3, -0.25) is 0 Å². The van der Waals surface area contributed by atoms with Crippen LogP contribution in [0.4, 0.5) is 10.5 Å².